The summed E-state index contributed by atoms with van der Waals surface area (Å²) >= 11 is 8.84. The minimum atomic E-state index is -0.521. The number of carbonyl (C=O) groups excluding carboxylic acids is 1. The second kappa shape index (κ2) is 7.45. The maximum absolute atomic E-state index is 12.3. The maximum Gasteiger partial charge on any atom is 0.271 e. The summed E-state index contributed by atoms with van der Waals surface area (Å²) in [5.74, 6) is 0.0915. The molecule has 0 unspecified atom stereocenters. The topological polar surface area (TPSA) is 63.5 Å². The lowest BCUT2D eigenvalue weighted by Crippen LogP contribution is -2.33. The molecule has 7 heteroatoms. The van der Waals surface area contributed by atoms with Gasteiger partial charge in [-0.25, -0.2) is 0 Å². The van der Waals surface area contributed by atoms with Crippen LogP contribution >= 0.6 is 27.5 Å². The molecule has 1 aromatic rings. The molecule has 0 aromatic heterocycles. The van der Waals surface area contributed by atoms with Gasteiger partial charge in [0, 0.05) is 41.1 Å². The zero-order chi connectivity index (χ0) is 14.4. The van der Waals surface area contributed by atoms with E-state index in [-0.39, 0.29) is 11.6 Å². The number of carbonyl (C=O) groups is 1. The first-order chi connectivity index (χ1) is 8.99. The Labute approximate surface area is 124 Å². The van der Waals surface area contributed by atoms with Crippen molar-refractivity contribution in [2.24, 2.45) is 0 Å². The summed E-state index contributed by atoms with van der Waals surface area (Å²) < 4.78 is 0.507. The van der Waals surface area contributed by atoms with E-state index < -0.39 is 4.92 Å². The fraction of sp³-hybridized carbons (Fsp3) is 0.417. The van der Waals surface area contributed by atoms with Crippen LogP contribution in [0, 0.1) is 10.1 Å². The predicted octanol–water partition coefficient (Wildman–Crippen LogP) is 3.45. The SMILES string of the molecule is CCCN(CCCl)C(=O)c1cc(Br)cc([N+](=O)[O-])c1. The van der Waals surface area contributed by atoms with Crippen molar-refractivity contribution in [2.75, 3.05) is 19.0 Å². The van der Waals surface area contributed by atoms with Crippen molar-refractivity contribution in [3.63, 3.8) is 0 Å². The number of nitro groups is 1. The summed E-state index contributed by atoms with van der Waals surface area (Å²) in [6.45, 7) is 2.96. The molecule has 19 heavy (non-hydrogen) atoms. The van der Waals surface area contributed by atoms with Crippen molar-refractivity contribution in [1.29, 1.82) is 0 Å². The molecule has 0 heterocycles. The number of hydrogen-bond donors (Lipinski definition) is 0. The van der Waals surface area contributed by atoms with Gasteiger partial charge in [0.15, 0.2) is 0 Å². The number of amides is 1. The van der Waals surface area contributed by atoms with Crippen LogP contribution in [0.3, 0.4) is 0 Å². The Morgan fingerprint density at radius 3 is 2.63 bits per heavy atom. The second-order valence-electron chi connectivity index (χ2n) is 3.94. The normalized spacial score (nSPS) is 10.3. The molecule has 0 saturated carbocycles. The number of hydrogen-bond acceptors (Lipinski definition) is 3. The first-order valence-electron chi connectivity index (χ1n) is 5.79. The molecular formula is C12H14BrClN2O3. The van der Waals surface area contributed by atoms with E-state index in [0.29, 0.717) is 29.0 Å². The summed E-state index contributed by atoms with van der Waals surface area (Å²) in [6, 6.07) is 4.22. The van der Waals surface area contributed by atoms with E-state index in [1.54, 1.807) is 11.0 Å². The monoisotopic (exact) mass is 348 g/mol. The molecule has 0 aliphatic carbocycles. The Hall–Kier alpha value is -1.14. The number of alkyl halides is 1. The molecule has 0 bridgehead atoms. The zero-order valence-corrected chi connectivity index (χ0v) is 12.8. The smallest absolute Gasteiger partial charge is 0.271 e. The summed E-state index contributed by atoms with van der Waals surface area (Å²) in [5, 5.41) is 10.8. The molecule has 5 nitrogen and oxygen atoms in total. The lowest BCUT2D eigenvalue weighted by Gasteiger charge is -2.21. The molecule has 104 valence electrons. The van der Waals surface area contributed by atoms with Gasteiger partial charge in [-0.1, -0.05) is 22.9 Å². The van der Waals surface area contributed by atoms with Crippen LogP contribution in [0.25, 0.3) is 0 Å². The van der Waals surface area contributed by atoms with Crippen LogP contribution in [0.15, 0.2) is 22.7 Å². The highest BCUT2D eigenvalue weighted by molar-refractivity contribution is 9.10. The van der Waals surface area contributed by atoms with Gasteiger partial charge < -0.3 is 4.90 Å². The van der Waals surface area contributed by atoms with E-state index in [1.165, 1.54) is 12.1 Å². The Morgan fingerprint density at radius 1 is 1.42 bits per heavy atom. The third-order valence-corrected chi connectivity index (χ3v) is 3.10. The van der Waals surface area contributed by atoms with Crippen molar-refractivity contribution >= 4 is 39.1 Å². The van der Waals surface area contributed by atoms with E-state index >= 15 is 0 Å². The molecule has 0 N–H and O–H groups in total. The first-order valence-corrected chi connectivity index (χ1v) is 7.12. The average molecular weight is 350 g/mol. The van der Waals surface area contributed by atoms with Gasteiger partial charge >= 0.3 is 0 Å². The average Bonchev–Trinajstić information content (AvgIpc) is 2.37. The Balaban J connectivity index is 3.06. The van der Waals surface area contributed by atoms with Crippen LogP contribution in [0.5, 0.6) is 0 Å². The number of benzene rings is 1. The minimum absolute atomic E-state index is 0.111. The van der Waals surface area contributed by atoms with Crippen molar-refractivity contribution < 1.29 is 9.72 Å². The van der Waals surface area contributed by atoms with Crippen molar-refractivity contribution in [1.82, 2.24) is 4.90 Å². The van der Waals surface area contributed by atoms with E-state index in [0.717, 1.165) is 6.42 Å². The standard InChI is InChI=1S/C12H14BrClN2O3/c1-2-4-15(5-3-14)12(17)9-6-10(13)8-11(7-9)16(18)19/h6-8H,2-5H2,1H3. The lowest BCUT2D eigenvalue weighted by atomic mass is 10.1. The molecule has 0 atom stereocenters. The number of nitrogens with zero attached hydrogens (tertiary/aromatic N) is 2. The van der Waals surface area contributed by atoms with Gasteiger partial charge in [0.05, 0.1) is 4.92 Å². The highest BCUT2D eigenvalue weighted by Crippen LogP contribution is 2.22. The molecular weight excluding hydrogens is 336 g/mol. The van der Waals surface area contributed by atoms with Gasteiger partial charge in [-0.2, -0.15) is 0 Å². The van der Waals surface area contributed by atoms with Gasteiger partial charge in [-0.3, -0.25) is 14.9 Å². The molecule has 0 aliphatic rings. The van der Waals surface area contributed by atoms with Crippen LogP contribution in [0.2, 0.25) is 0 Å². The summed E-state index contributed by atoms with van der Waals surface area (Å²) in [5.41, 5.74) is 0.180. The highest BCUT2D eigenvalue weighted by atomic mass is 79.9. The number of rotatable bonds is 6. The fourth-order valence-corrected chi connectivity index (χ4v) is 2.36. The second-order valence-corrected chi connectivity index (χ2v) is 5.23. The van der Waals surface area contributed by atoms with Gasteiger partial charge in [-0.05, 0) is 12.5 Å². The third-order valence-electron chi connectivity index (χ3n) is 2.48. The Morgan fingerprint density at radius 2 is 2.11 bits per heavy atom. The largest absolute Gasteiger partial charge is 0.337 e. The molecule has 0 saturated heterocycles. The lowest BCUT2D eigenvalue weighted by molar-refractivity contribution is -0.385. The molecule has 1 amide bonds. The maximum atomic E-state index is 12.3. The van der Waals surface area contributed by atoms with Crippen LogP contribution < -0.4 is 0 Å². The fourth-order valence-electron chi connectivity index (χ4n) is 1.67. The predicted molar refractivity (Wildman–Crippen MR) is 77.7 cm³/mol. The Kier molecular flexibility index (Phi) is 6.24. The van der Waals surface area contributed by atoms with Gasteiger partial charge in [-0.15, -0.1) is 11.6 Å². The molecule has 1 rings (SSSR count). The van der Waals surface area contributed by atoms with Gasteiger partial charge in [0.1, 0.15) is 0 Å². The molecule has 0 spiro atoms. The first kappa shape index (κ1) is 15.9. The minimum Gasteiger partial charge on any atom is -0.337 e. The number of non-ortho nitro benzene ring substituents is 1. The summed E-state index contributed by atoms with van der Waals surface area (Å²) in [6.07, 6.45) is 0.804. The Bertz CT molecular complexity index is 476. The highest BCUT2D eigenvalue weighted by Gasteiger charge is 2.18. The number of halogens is 2. The van der Waals surface area contributed by atoms with Crippen molar-refractivity contribution in [3.05, 3.63) is 38.3 Å². The van der Waals surface area contributed by atoms with Crippen LogP contribution in [-0.4, -0.2) is 34.7 Å². The van der Waals surface area contributed by atoms with Gasteiger partial charge in [0.25, 0.3) is 11.6 Å². The van der Waals surface area contributed by atoms with Crippen LogP contribution in [0.4, 0.5) is 5.69 Å². The van der Waals surface area contributed by atoms with E-state index in [1.807, 2.05) is 6.92 Å². The van der Waals surface area contributed by atoms with E-state index in [9.17, 15) is 14.9 Å². The molecule has 0 aliphatic heterocycles. The summed E-state index contributed by atoms with van der Waals surface area (Å²) in [4.78, 5) is 24.1. The van der Waals surface area contributed by atoms with Crippen LogP contribution in [-0.2, 0) is 0 Å². The zero-order valence-electron chi connectivity index (χ0n) is 10.4. The van der Waals surface area contributed by atoms with E-state index in [4.69, 9.17) is 11.6 Å². The van der Waals surface area contributed by atoms with Gasteiger partial charge in [0.2, 0.25) is 0 Å². The molecule has 0 radical (unpaired) electrons. The van der Waals surface area contributed by atoms with Crippen molar-refractivity contribution in [3.8, 4) is 0 Å². The number of nitro benzene ring substituents is 1. The third kappa shape index (κ3) is 4.47. The summed E-state index contributed by atoms with van der Waals surface area (Å²) in [7, 11) is 0. The molecule has 1 aromatic carbocycles. The van der Waals surface area contributed by atoms with Crippen molar-refractivity contribution in [2.45, 2.75) is 13.3 Å². The molecule has 0 fully saturated rings. The van der Waals surface area contributed by atoms with E-state index in [2.05, 4.69) is 15.9 Å². The van der Waals surface area contributed by atoms with Crippen LogP contribution in [0.1, 0.15) is 23.7 Å². The quantitative estimate of drug-likeness (QED) is 0.449.